The van der Waals surface area contributed by atoms with Crippen molar-refractivity contribution in [2.24, 2.45) is 0 Å². The van der Waals surface area contributed by atoms with Crippen molar-refractivity contribution >= 4 is 34.8 Å². The van der Waals surface area contributed by atoms with E-state index in [0.29, 0.717) is 16.5 Å². The van der Waals surface area contributed by atoms with Crippen LogP contribution in [-0.2, 0) is 5.88 Å². The number of hydrogen-bond acceptors (Lipinski definition) is 2. The standard InChI is InChI=1S/C12H9Cl2NO2/c13-7-10-5-6-11(17-10)12(16)15-9-3-1-8(14)2-4-9/h1-6H,7H2,(H,15,16). The molecule has 0 aliphatic rings. The van der Waals surface area contributed by atoms with Gasteiger partial charge in [0.15, 0.2) is 5.76 Å². The lowest BCUT2D eigenvalue weighted by molar-refractivity contribution is 0.0995. The molecule has 1 amide bonds. The molecule has 0 spiro atoms. The molecule has 2 aromatic rings. The van der Waals surface area contributed by atoms with Crippen molar-refractivity contribution in [1.82, 2.24) is 0 Å². The summed E-state index contributed by atoms with van der Waals surface area (Å²) in [5.41, 5.74) is 0.656. The number of rotatable bonds is 3. The number of anilines is 1. The molecule has 0 aliphatic carbocycles. The molecule has 0 aliphatic heterocycles. The van der Waals surface area contributed by atoms with Crippen LogP contribution in [0.4, 0.5) is 5.69 Å². The smallest absolute Gasteiger partial charge is 0.291 e. The van der Waals surface area contributed by atoms with E-state index in [0.717, 1.165) is 0 Å². The molecule has 0 radical (unpaired) electrons. The SMILES string of the molecule is O=C(Nc1ccc(Cl)cc1)c1ccc(CCl)o1. The Balaban J connectivity index is 2.08. The van der Waals surface area contributed by atoms with Gasteiger partial charge in [0.25, 0.3) is 5.91 Å². The Bertz CT molecular complexity index is 520. The Labute approximate surface area is 108 Å². The number of carbonyl (C=O) groups is 1. The lowest BCUT2D eigenvalue weighted by Gasteiger charge is -2.02. The van der Waals surface area contributed by atoms with Gasteiger partial charge in [0, 0.05) is 10.7 Å². The zero-order chi connectivity index (χ0) is 12.3. The normalized spacial score (nSPS) is 10.2. The Morgan fingerprint density at radius 2 is 1.88 bits per heavy atom. The first-order valence-electron chi connectivity index (χ1n) is 4.90. The molecule has 1 aromatic carbocycles. The zero-order valence-electron chi connectivity index (χ0n) is 8.74. The van der Waals surface area contributed by atoms with E-state index < -0.39 is 0 Å². The maximum atomic E-state index is 11.7. The minimum absolute atomic E-state index is 0.232. The van der Waals surface area contributed by atoms with Gasteiger partial charge < -0.3 is 9.73 Å². The molecule has 5 heteroatoms. The molecular weight excluding hydrogens is 261 g/mol. The number of furan rings is 1. The summed E-state index contributed by atoms with van der Waals surface area (Å²) in [4.78, 5) is 11.7. The van der Waals surface area contributed by atoms with Crippen LogP contribution in [0.1, 0.15) is 16.3 Å². The molecule has 17 heavy (non-hydrogen) atoms. The van der Waals surface area contributed by atoms with Gasteiger partial charge >= 0.3 is 0 Å². The van der Waals surface area contributed by atoms with E-state index in [9.17, 15) is 4.79 Å². The van der Waals surface area contributed by atoms with E-state index in [1.807, 2.05) is 0 Å². The Morgan fingerprint density at radius 1 is 1.18 bits per heavy atom. The van der Waals surface area contributed by atoms with Crippen molar-refractivity contribution in [2.45, 2.75) is 5.88 Å². The second-order valence-electron chi connectivity index (χ2n) is 3.36. The highest BCUT2D eigenvalue weighted by atomic mass is 35.5. The Kier molecular flexibility index (Phi) is 3.71. The molecule has 0 fully saturated rings. The summed E-state index contributed by atoms with van der Waals surface area (Å²) in [5.74, 6) is 0.723. The minimum atomic E-state index is -0.316. The molecule has 0 bridgehead atoms. The second kappa shape index (κ2) is 5.25. The van der Waals surface area contributed by atoms with Gasteiger partial charge in [-0.1, -0.05) is 11.6 Å². The van der Waals surface area contributed by atoms with Gasteiger partial charge in [0.2, 0.25) is 0 Å². The van der Waals surface area contributed by atoms with Crippen LogP contribution >= 0.6 is 23.2 Å². The lowest BCUT2D eigenvalue weighted by atomic mass is 10.3. The number of carbonyl (C=O) groups excluding carboxylic acids is 1. The highest BCUT2D eigenvalue weighted by Crippen LogP contribution is 2.16. The van der Waals surface area contributed by atoms with Crippen molar-refractivity contribution in [1.29, 1.82) is 0 Å². The molecule has 0 saturated heterocycles. The number of alkyl halides is 1. The van der Waals surface area contributed by atoms with Crippen molar-refractivity contribution in [3.63, 3.8) is 0 Å². The van der Waals surface area contributed by atoms with E-state index in [1.165, 1.54) is 0 Å². The predicted octanol–water partition coefficient (Wildman–Crippen LogP) is 3.92. The van der Waals surface area contributed by atoms with Gasteiger partial charge in [-0.05, 0) is 36.4 Å². The van der Waals surface area contributed by atoms with Gasteiger partial charge in [0.05, 0.1) is 5.88 Å². The van der Waals surface area contributed by atoms with E-state index in [2.05, 4.69) is 5.32 Å². The zero-order valence-corrected chi connectivity index (χ0v) is 10.3. The summed E-state index contributed by atoms with van der Waals surface area (Å²) in [6.45, 7) is 0. The van der Waals surface area contributed by atoms with Gasteiger partial charge in [-0.2, -0.15) is 0 Å². The molecule has 2 rings (SSSR count). The van der Waals surface area contributed by atoms with E-state index in [1.54, 1.807) is 36.4 Å². The van der Waals surface area contributed by atoms with Crippen LogP contribution in [0.5, 0.6) is 0 Å². The van der Waals surface area contributed by atoms with Crippen LogP contribution in [0.3, 0.4) is 0 Å². The fourth-order valence-corrected chi connectivity index (χ4v) is 1.57. The summed E-state index contributed by atoms with van der Waals surface area (Å²) in [5, 5.41) is 3.30. The number of amides is 1. The average Bonchev–Trinajstić information content (AvgIpc) is 2.81. The largest absolute Gasteiger partial charge is 0.455 e. The Hall–Kier alpha value is -1.45. The van der Waals surface area contributed by atoms with Crippen LogP contribution in [-0.4, -0.2) is 5.91 Å². The molecule has 0 saturated carbocycles. The maximum absolute atomic E-state index is 11.7. The number of nitrogens with one attached hydrogen (secondary N) is 1. The molecule has 88 valence electrons. The maximum Gasteiger partial charge on any atom is 0.291 e. The number of hydrogen-bond donors (Lipinski definition) is 1. The first-order chi connectivity index (χ1) is 8.19. The van der Waals surface area contributed by atoms with Gasteiger partial charge in [0.1, 0.15) is 5.76 Å². The summed E-state index contributed by atoms with van der Waals surface area (Å²) in [7, 11) is 0. The molecule has 0 unspecified atom stereocenters. The van der Waals surface area contributed by atoms with E-state index >= 15 is 0 Å². The molecule has 3 nitrogen and oxygen atoms in total. The second-order valence-corrected chi connectivity index (χ2v) is 4.06. The monoisotopic (exact) mass is 269 g/mol. The van der Waals surface area contributed by atoms with Crippen LogP contribution in [0.25, 0.3) is 0 Å². The molecule has 0 atom stereocenters. The van der Waals surface area contributed by atoms with Crippen LogP contribution < -0.4 is 5.32 Å². The highest BCUT2D eigenvalue weighted by molar-refractivity contribution is 6.30. The highest BCUT2D eigenvalue weighted by Gasteiger charge is 2.10. The Morgan fingerprint density at radius 3 is 2.47 bits per heavy atom. The number of halogens is 2. The number of benzene rings is 1. The summed E-state index contributed by atoms with van der Waals surface area (Å²) in [6.07, 6.45) is 0. The van der Waals surface area contributed by atoms with Crippen molar-refractivity contribution in [2.75, 3.05) is 5.32 Å². The van der Waals surface area contributed by atoms with Crippen LogP contribution in [0.15, 0.2) is 40.8 Å². The molecular formula is C12H9Cl2NO2. The molecule has 1 heterocycles. The summed E-state index contributed by atoms with van der Waals surface area (Å²) < 4.78 is 5.22. The topological polar surface area (TPSA) is 42.2 Å². The minimum Gasteiger partial charge on any atom is -0.455 e. The predicted molar refractivity (Wildman–Crippen MR) is 67.7 cm³/mol. The first kappa shape index (κ1) is 12.0. The van der Waals surface area contributed by atoms with Gasteiger partial charge in [-0.15, -0.1) is 11.6 Å². The van der Waals surface area contributed by atoms with Crippen molar-refractivity contribution in [3.05, 3.63) is 52.9 Å². The first-order valence-corrected chi connectivity index (χ1v) is 5.82. The third-order valence-corrected chi connectivity index (χ3v) is 2.63. The quantitative estimate of drug-likeness (QED) is 0.859. The average molecular weight is 270 g/mol. The fourth-order valence-electron chi connectivity index (χ4n) is 1.30. The van der Waals surface area contributed by atoms with E-state index in [-0.39, 0.29) is 17.5 Å². The van der Waals surface area contributed by atoms with Crippen LogP contribution in [0.2, 0.25) is 5.02 Å². The van der Waals surface area contributed by atoms with Crippen LogP contribution in [0, 0.1) is 0 Å². The fraction of sp³-hybridized carbons (Fsp3) is 0.0833. The summed E-state index contributed by atoms with van der Waals surface area (Å²) >= 11 is 11.3. The van der Waals surface area contributed by atoms with Gasteiger partial charge in [-0.25, -0.2) is 0 Å². The van der Waals surface area contributed by atoms with Crippen molar-refractivity contribution in [3.8, 4) is 0 Å². The van der Waals surface area contributed by atoms with Gasteiger partial charge in [-0.3, -0.25) is 4.79 Å². The summed E-state index contributed by atoms with van der Waals surface area (Å²) in [6, 6.07) is 10.1. The molecule has 1 aromatic heterocycles. The third kappa shape index (κ3) is 3.02. The van der Waals surface area contributed by atoms with Crippen molar-refractivity contribution < 1.29 is 9.21 Å². The van der Waals surface area contributed by atoms with E-state index in [4.69, 9.17) is 27.6 Å². The molecule has 1 N–H and O–H groups in total. The third-order valence-electron chi connectivity index (χ3n) is 2.12. The lowest BCUT2D eigenvalue weighted by Crippen LogP contribution is -2.10.